The molecule has 0 spiro atoms. The summed E-state index contributed by atoms with van der Waals surface area (Å²) >= 11 is 0. The number of aliphatic carboxylic acids is 1. The number of carbonyl (C=O) groups is 1. The maximum Gasteiger partial charge on any atom is 0.341 e. The summed E-state index contributed by atoms with van der Waals surface area (Å²) in [7, 11) is 0. The van der Waals surface area contributed by atoms with E-state index in [9.17, 15) is 20.3 Å². The summed E-state index contributed by atoms with van der Waals surface area (Å²) in [6.07, 6.45) is 2.60. The number of aliphatic hydroxyl groups is 2. The van der Waals surface area contributed by atoms with Crippen molar-refractivity contribution in [2.75, 3.05) is 6.61 Å². The lowest BCUT2D eigenvalue weighted by Crippen LogP contribution is -2.20. The summed E-state index contributed by atoms with van der Waals surface area (Å²) in [4.78, 5) is 10.8. The summed E-state index contributed by atoms with van der Waals surface area (Å²) in [5.41, 5.74) is 2.76. The summed E-state index contributed by atoms with van der Waals surface area (Å²) < 4.78 is 5.28. The first-order chi connectivity index (χ1) is 15.4. The van der Waals surface area contributed by atoms with Crippen LogP contribution in [-0.2, 0) is 11.2 Å². The first-order valence-electron chi connectivity index (χ1n) is 11.2. The highest BCUT2D eigenvalue weighted by Gasteiger charge is 2.43. The minimum atomic E-state index is -1.04. The van der Waals surface area contributed by atoms with E-state index in [0.717, 1.165) is 36.0 Å². The highest BCUT2D eigenvalue weighted by atomic mass is 16.5. The average molecular weight is 438 g/mol. The molecule has 3 rings (SSSR count). The third-order valence-corrected chi connectivity index (χ3v) is 6.32. The molecule has 6 nitrogen and oxygen atoms in total. The fourth-order valence-electron chi connectivity index (χ4n) is 4.69. The molecule has 1 saturated carbocycles. The quantitative estimate of drug-likeness (QED) is 0.513. The van der Waals surface area contributed by atoms with Crippen molar-refractivity contribution in [2.24, 2.45) is 11.8 Å². The topological polar surface area (TPSA) is 111 Å². The zero-order chi connectivity index (χ0) is 23.1. The predicted molar refractivity (Wildman–Crippen MR) is 120 cm³/mol. The van der Waals surface area contributed by atoms with Crippen LogP contribution in [0.3, 0.4) is 0 Å². The highest BCUT2D eigenvalue weighted by Crippen LogP contribution is 2.45. The third kappa shape index (κ3) is 5.87. The van der Waals surface area contributed by atoms with Gasteiger partial charge < -0.3 is 20.1 Å². The molecule has 6 heteroatoms. The Labute approximate surface area is 189 Å². The smallest absolute Gasteiger partial charge is 0.341 e. The lowest BCUT2D eigenvalue weighted by Gasteiger charge is -2.24. The van der Waals surface area contributed by atoms with Crippen LogP contribution < -0.4 is 4.74 Å². The Balaban J connectivity index is 1.79. The van der Waals surface area contributed by atoms with Crippen LogP contribution in [0.4, 0.5) is 0 Å². The lowest BCUT2D eigenvalue weighted by molar-refractivity contribution is -0.139. The average Bonchev–Trinajstić information content (AvgIpc) is 3.11. The van der Waals surface area contributed by atoms with Crippen LogP contribution in [-0.4, -0.2) is 34.0 Å². The molecule has 170 valence electrons. The van der Waals surface area contributed by atoms with Crippen LogP contribution in [0.2, 0.25) is 0 Å². The molecule has 2 aromatic carbocycles. The first-order valence-corrected chi connectivity index (χ1v) is 11.2. The molecule has 1 fully saturated rings. The van der Waals surface area contributed by atoms with Crippen molar-refractivity contribution in [1.29, 1.82) is 5.26 Å². The Kier molecular flexibility index (Phi) is 8.26. The number of hydrogen-bond acceptors (Lipinski definition) is 5. The molecule has 5 atom stereocenters. The molecule has 3 N–H and O–H groups in total. The van der Waals surface area contributed by atoms with Gasteiger partial charge in [-0.15, -0.1) is 0 Å². The number of hydrogen-bond donors (Lipinski definition) is 3. The van der Waals surface area contributed by atoms with Crippen molar-refractivity contribution in [3.8, 4) is 11.8 Å². The second kappa shape index (κ2) is 11.1. The fourth-order valence-corrected chi connectivity index (χ4v) is 4.69. The SMILES string of the molecule is CCCCC(O)c1ccc(C2C(Cc3cccc(OCC(=O)O)c3)[C@H](C#N)C[C@H]2O)cc1. The van der Waals surface area contributed by atoms with Crippen molar-refractivity contribution < 1.29 is 24.9 Å². The van der Waals surface area contributed by atoms with Crippen molar-refractivity contribution in [3.05, 3.63) is 65.2 Å². The van der Waals surface area contributed by atoms with E-state index in [4.69, 9.17) is 9.84 Å². The predicted octanol–water partition coefficient (Wildman–Crippen LogP) is 4.22. The number of nitriles is 1. The molecule has 3 unspecified atom stereocenters. The monoisotopic (exact) mass is 437 g/mol. The summed E-state index contributed by atoms with van der Waals surface area (Å²) in [5.74, 6) is -1.12. The minimum Gasteiger partial charge on any atom is -0.482 e. The molecular formula is C26H31NO5. The van der Waals surface area contributed by atoms with Crippen molar-refractivity contribution in [1.82, 2.24) is 0 Å². The van der Waals surface area contributed by atoms with Gasteiger partial charge in [0.25, 0.3) is 0 Å². The molecule has 0 amide bonds. The standard InChI is InChI=1S/C26H31NO5/c1-2-3-7-23(28)18-8-10-19(11-9-18)26-22(20(15-27)14-24(26)29)13-17-5-4-6-21(12-17)32-16-25(30)31/h4-6,8-12,20,22-24,26,28-29H,2-3,7,13-14,16H2,1H3,(H,30,31)/t20-,22?,23?,24+,26?/m0/s1. The van der Waals surface area contributed by atoms with E-state index in [2.05, 4.69) is 13.0 Å². The normalized spacial score (nSPS) is 23.4. The first kappa shape index (κ1) is 23.8. The Morgan fingerprint density at radius 3 is 2.66 bits per heavy atom. The maximum absolute atomic E-state index is 10.8. The number of unbranched alkanes of at least 4 members (excludes halogenated alkanes) is 1. The maximum atomic E-state index is 10.8. The van der Waals surface area contributed by atoms with E-state index in [-0.39, 0.29) is 17.8 Å². The Morgan fingerprint density at radius 2 is 2.00 bits per heavy atom. The van der Waals surface area contributed by atoms with Crippen LogP contribution in [0.5, 0.6) is 5.75 Å². The summed E-state index contributed by atoms with van der Waals surface area (Å²) in [5, 5.41) is 39.7. The molecular weight excluding hydrogens is 406 g/mol. The van der Waals surface area contributed by atoms with Gasteiger partial charge in [0.15, 0.2) is 6.61 Å². The summed E-state index contributed by atoms with van der Waals surface area (Å²) in [6.45, 7) is 1.68. The Bertz CT molecular complexity index is 936. The van der Waals surface area contributed by atoms with Gasteiger partial charge in [0.05, 0.1) is 24.2 Å². The Morgan fingerprint density at radius 1 is 1.25 bits per heavy atom. The second-order valence-corrected chi connectivity index (χ2v) is 8.59. The molecule has 1 aliphatic carbocycles. The molecule has 0 radical (unpaired) electrons. The number of ether oxygens (including phenoxy) is 1. The zero-order valence-electron chi connectivity index (χ0n) is 18.4. The summed E-state index contributed by atoms with van der Waals surface area (Å²) in [6, 6.07) is 17.3. The van der Waals surface area contributed by atoms with Gasteiger partial charge in [0.2, 0.25) is 0 Å². The number of carboxylic acids is 1. The third-order valence-electron chi connectivity index (χ3n) is 6.32. The van der Waals surface area contributed by atoms with Crippen molar-refractivity contribution in [3.63, 3.8) is 0 Å². The molecule has 0 heterocycles. The number of benzene rings is 2. The molecule has 0 aromatic heterocycles. The minimum absolute atomic E-state index is 0.0828. The van der Waals surface area contributed by atoms with Crippen LogP contribution >= 0.6 is 0 Å². The van der Waals surface area contributed by atoms with Gasteiger partial charge in [0.1, 0.15) is 5.75 Å². The van der Waals surface area contributed by atoms with Gasteiger partial charge in [0, 0.05) is 5.92 Å². The molecule has 0 aliphatic heterocycles. The second-order valence-electron chi connectivity index (χ2n) is 8.59. The van der Waals surface area contributed by atoms with Crippen molar-refractivity contribution in [2.45, 2.75) is 57.2 Å². The zero-order valence-corrected chi connectivity index (χ0v) is 18.4. The molecule has 2 aromatic rings. The molecule has 0 saturated heterocycles. The number of nitrogens with zero attached hydrogens (tertiary/aromatic N) is 1. The van der Waals surface area contributed by atoms with Crippen molar-refractivity contribution >= 4 is 5.97 Å². The largest absolute Gasteiger partial charge is 0.482 e. The van der Waals surface area contributed by atoms with Crippen LogP contribution in [0.25, 0.3) is 0 Å². The van der Waals surface area contributed by atoms with E-state index in [1.54, 1.807) is 18.2 Å². The van der Waals surface area contributed by atoms with Gasteiger partial charge >= 0.3 is 5.97 Å². The Hall–Kier alpha value is -2.88. The highest BCUT2D eigenvalue weighted by molar-refractivity contribution is 5.68. The van der Waals surface area contributed by atoms with Gasteiger partial charge in [-0.3, -0.25) is 0 Å². The van der Waals surface area contributed by atoms with E-state index in [1.165, 1.54) is 0 Å². The van der Waals surface area contributed by atoms with E-state index in [1.807, 2.05) is 30.3 Å². The number of rotatable bonds is 10. The van der Waals surface area contributed by atoms with Gasteiger partial charge in [-0.05, 0) is 54.0 Å². The van der Waals surface area contributed by atoms with E-state index < -0.39 is 24.8 Å². The van der Waals surface area contributed by atoms with Crippen LogP contribution in [0.1, 0.15) is 61.3 Å². The number of carboxylic acid groups (broad SMARTS) is 1. The van der Waals surface area contributed by atoms with Gasteiger partial charge in [-0.25, -0.2) is 4.79 Å². The van der Waals surface area contributed by atoms with Gasteiger partial charge in [-0.1, -0.05) is 56.2 Å². The van der Waals surface area contributed by atoms with E-state index >= 15 is 0 Å². The molecule has 32 heavy (non-hydrogen) atoms. The van der Waals surface area contributed by atoms with Crippen LogP contribution in [0, 0.1) is 23.2 Å². The molecule has 1 aliphatic rings. The fraction of sp³-hybridized carbons (Fsp3) is 0.462. The lowest BCUT2D eigenvalue weighted by atomic mass is 9.80. The van der Waals surface area contributed by atoms with Crippen LogP contribution in [0.15, 0.2) is 48.5 Å². The number of aliphatic hydroxyl groups excluding tert-OH is 2. The van der Waals surface area contributed by atoms with E-state index in [0.29, 0.717) is 18.6 Å². The molecule has 0 bridgehead atoms. The van der Waals surface area contributed by atoms with Gasteiger partial charge in [-0.2, -0.15) is 5.26 Å².